The number of aliphatic hydroxyl groups excluding tert-OH is 1. The first-order valence-electron chi connectivity index (χ1n) is 5.75. The van der Waals surface area contributed by atoms with Crippen molar-refractivity contribution < 1.29 is 5.11 Å². The number of nitrogens with zero attached hydrogens (tertiary/aromatic N) is 2. The third kappa shape index (κ3) is 2.11. The first-order chi connectivity index (χ1) is 8.03. The summed E-state index contributed by atoms with van der Waals surface area (Å²) >= 11 is 0. The van der Waals surface area contributed by atoms with Crippen molar-refractivity contribution in [3.05, 3.63) is 53.9 Å². The maximum atomic E-state index is 10.5. The van der Waals surface area contributed by atoms with Crippen LogP contribution in [0.3, 0.4) is 0 Å². The van der Waals surface area contributed by atoms with E-state index in [1.54, 1.807) is 10.9 Å². The van der Waals surface area contributed by atoms with Gasteiger partial charge in [-0.2, -0.15) is 5.10 Å². The lowest BCUT2D eigenvalue weighted by Gasteiger charge is -2.31. The molecular weight excluding hydrogens is 212 g/mol. The Morgan fingerprint density at radius 3 is 2.35 bits per heavy atom. The molecule has 1 heterocycles. The van der Waals surface area contributed by atoms with E-state index >= 15 is 0 Å². The molecule has 2 aromatic rings. The number of aliphatic hydroxyl groups is 1. The van der Waals surface area contributed by atoms with Crippen molar-refractivity contribution in [3.63, 3.8) is 0 Å². The van der Waals surface area contributed by atoms with Crippen LogP contribution in [0, 0.1) is 0 Å². The van der Waals surface area contributed by atoms with Gasteiger partial charge in [0.1, 0.15) is 6.10 Å². The number of hydrogen-bond donors (Lipinski definition) is 1. The molecule has 1 aromatic heterocycles. The minimum absolute atomic E-state index is 0.338. The Hall–Kier alpha value is -1.61. The van der Waals surface area contributed by atoms with E-state index in [1.807, 2.05) is 57.3 Å². The molecular formula is C14H18N2O. The van der Waals surface area contributed by atoms with E-state index in [9.17, 15) is 5.11 Å². The number of rotatable bonds is 3. The fourth-order valence-corrected chi connectivity index (χ4v) is 2.05. The molecule has 1 aromatic carbocycles. The van der Waals surface area contributed by atoms with Crippen molar-refractivity contribution in [1.29, 1.82) is 0 Å². The number of hydrogen-bond acceptors (Lipinski definition) is 2. The molecule has 0 amide bonds. The maximum Gasteiger partial charge on any atom is 0.105 e. The Morgan fingerprint density at radius 1 is 1.18 bits per heavy atom. The Morgan fingerprint density at radius 2 is 1.82 bits per heavy atom. The highest BCUT2D eigenvalue weighted by atomic mass is 16.3. The lowest BCUT2D eigenvalue weighted by molar-refractivity contribution is 0.0922. The van der Waals surface area contributed by atoms with Gasteiger partial charge < -0.3 is 5.11 Å². The predicted molar refractivity (Wildman–Crippen MR) is 67.6 cm³/mol. The number of aromatic nitrogens is 2. The second-order valence-corrected chi connectivity index (χ2v) is 4.87. The van der Waals surface area contributed by atoms with Crippen molar-refractivity contribution in [1.82, 2.24) is 9.78 Å². The first-order valence-corrected chi connectivity index (χ1v) is 5.75. The van der Waals surface area contributed by atoms with E-state index in [0.29, 0.717) is 0 Å². The summed E-state index contributed by atoms with van der Waals surface area (Å²) in [7, 11) is 1.85. The Labute approximate surface area is 102 Å². The van der Waals surface area contributed by atoms with Gasteiger partial charge in [-0.25, -0.2) is 0 Å². The minimum Gasteiger partial charge on any atom is -0.386 e. The SMILES string of the molecule is Cn1nccc1C(O)C(C)(C)c1ccccc1. The molecule has 2 rings (SSSR count). The van der Waals surface area contributed by atoms with Crippen LogP contribution in [0.15, 0.2) is 42.6 Å². The van der Waals surface area contributed by atoms with Crippen LogP contribution >= 0.6 is 0 Å². The minimum atomic E-state index is -0.572. The zero-order chi connectivity index (χ0) is 12.5. The molecule has 0 saturated heterocycles. The fraction of sp³-hybridized carbons (Fsp3) is 0.357. The first kappa shape index (κ1) is 11.9. The fourth-order valence-electron chi connectivity index (χ4n) is 2.05. The molecule has 17 heavy (non-hydrogen) atoms. The van der Waals surface area contributed by atoms with Gasteiger partial charge in [0.25, 0.3) is 0 Å². The molecule has 0 aliphatic rings. The normalized spacial score (nSPS) is 13.6. The van der Waals surface area contributed by atoms with Crippen LogP contribution in [-0.2, 0) is 12.5 Å². The van der Waals surface area contributed by atoms with E-state index in [2.05, 4.69) is 5.10 Å². The molecule has 0 bridgehead atoms. The van der Waals surface area contributed by atoms with E-state index in [4.69, 9.17) is 0 Å². The molecule has 0 fully saturated rings. The molecule has 1 atom stereocenters. The van der Waals surface area contributed by atoms with Gasteiger partial charge in [-0.1, -0.05) is 44.2 Å². The summed E-state index contributed by atoms with van der Waals surface area (Å²) in [5, 5.41) is 14.6. The van der Waals surface area contributed by atoms with Crippen LogP contribution in [-0.4, -0.2) is 14.9 Å². The van der Waals surface area contributed by atoms with Gasteiger partial charge in [0.15, 0.2) is 0 Å². The number of aryl methyl sites for hydroxylation is 1. The van der Waals surface area contributed by atoms with E-state index < -0.39 is 6.10 Å². The number of benzene rings is 1. The highest BCUT2D eigenvalue weighted by molar-refractivity contribution is 5.27. The molecule has 3 heteroatoms. The van der Waals surface area contributed by atoms with Crippen molar-refractivity contribution >= 4 is 0 Å². The monoisotopic (exact) mass is 230 g/mol. The van der Waals surface area contributed by atoms with Crippen LogP contribution in [0.4, 0.5) is 0 Å². The molecule has 0 saturated carbocycles. The summed E-state index contributed by atoms with van der Waals surface area (Å²) in [4.78, 5) is 0. The summed E-state index contributed by atoms with van der Waals surface area (Å²) in [5.74, 6) is 0. The highest BCUT2D eigenvalue weighted by Gasteiger charge is 2.32. The predicted octanol–water partition coefficient (Wildman–Crippen LogP) is 2.43. The Bertz CT molecular complexity index is 488. The zero-order valence-corrected chi connectivity index (χ0v) is 10.5. The summed E-state index contributed by atoms with van der Waals surface area (Å²) in [6, 6.07) is 11.9. The summed E-state index contributed by atoms with van der Waals surface area (Å²) in [5.41, 5.74) is 1.61. The third-order valence-corrected chi connectivity index (χ3v) is 3.34. The van der Waals surface area contributed by atoms with Gasteiger partial charge in [-0.05, 0) is 11.6 Å². The van der Waals surface area contributed by atoms with Gasteiger partial charge in [-0.15, -0.1) is 0 Å². The zero-order valence-electron chi connectivity index (χ0n) is 10.5. The van der Waals surface area contributed by atoms with Gasteiger partial charge in [0.2, 0.25) is 0 Å². The highest BCUT2D eigenvalue weighted by Crippen LogP contribution is 2.36. The maximum absolute atomic E-state index is 10.5. The average molecular weight is 230 g/mol. The quantitative estimate of drug-likeness (QED) is 0.879. The van der Waals surface area contributed by atoms with Gasteiger partial charge in [0.05, 0.1) is 5.69 Å². The molecule has 0 aliphatic heterocycles. The van der Waals surface area contributed by atoms with Gasteiger partial charge in [0, 0.05) is 18.7 Å². The van der Waals surface area contributed by atoms with Crippen LogP contribution < -0.4 is 0 Å². The summed E-state index contributed by atoms with van der Waals surface area (Å²) < 4.78 is 1.72. The molecule has 1 unspecified atom stereocenters. The topological polar surface area (TPSA) is 38.0 Å². The van der Waals surface area contributed by atoms with Gasteiger partial charge >= 0.3 is 0 Å². The van der Waals surface area contributed by atoms with Crippen molar-refractivity contribution in [2.24, 2.45) is 7.05 Å². The average Bonchev–Trinajstić information content (AvgIpc) is 2.75. The van der Waals surface area contributed by atoms with Crippen molar-refractivity contribution in [3.8, 4) is 0 Å². The van der Waals surface area contributed by atoms with E-state index in [1.165, 1.54) is 0 Å². The Kier molecular flexibility index (Phi) is 3.03. The third-order valence-electron chi connectivity index (χ3n) is 3.34. The van der Waals surface area contributed by atoms with Gasteiger partial charge in [-0.3, -0.25) is 4.68 Å². The smallest absolute Gasteiger partial charge is 0.105 e. The lowest BCUT2D eigenvalue weighted by Crippen LogP contribution is -2.28. The Balaban J connectivity index is 2.37. The van der Waals surface area contributed by atoms with Crippen molar-refractivity contribution in [2.75, 3.05) is 0 Å². The van der Waals surface area contributed by atoms with Crippen LogP contribution in [0.1, 0.15) is 31.2 Å². The molecule has 0 aliphatic carbocycles. The standard InChI is InChI=1S/C14H18N2O/c1-14(2,11-7-5-4-6-8-11)13(17)12-9-10-15-16(12)3/h4-10,13,17H,1-3H3. The van der Waals surface area contributed by atoms with E-state index in [0.717, 1.165) is 11.3 Å². The van der Waals surface area contributed by atoms with Crippen LogP contribution in [0.25, 0.3) is 0 Å². The molecule has 90 valence electrons. The molecule has 3 nitrogen and oxygen atoms in total. The summed E-state index contributed by atoms with van der Waals surface area (Å²) in [6.45, 7) is 4.08. The van der Waals surface area contributed by atoms with Crippen LogP contribution in [0.5, 0.6) is 0 Å². The second kappa shape index (κ2) is 4.34. The second-order valence-electron chi connectivity index (χ2n) is 4.87. The lowest BCUT2D eigenvalue weighted by atomic mass is 9.78. The molecule has 0 radical (unpaired) electrons. The molecule has 0 spiro atoms. The van der Waals surface area contributed by atoms with Crippen molar-refractivity contribution in [2.45, 2.75) is 25.4 Å². The summed E-state index contributed by atoms with van der Waals surface area (Å²) in [6.07, 6.45) is 1.14. The largest absolute Gasteiger partial charge is 0.386 e. The van der Waals surface area contributed by atoms with Crippen LogP contribution in [0.2, 0.25) is 0 Å². The molecule has 1 N–H and O–H groups in total. The van der Waals surface area contributed by atoms with E-state index in [-0.39, 0.29) is 5.41 Å².